The fourth-order valence-corrected chi connectivity index (χ4v) is 2.30. The maximum atomic E-state index is 5.86. The summed E-state index contributed by atoms with van der Waals surface area (Å²) in [7, 11) is 3.44. The highest BCUT2D eigenvalue weighted by Crippen LogP contribution is 2.33. The predicted octanol–water partition coefficient (Wildman–Crippen LogP) is 3.26. The number of methoxy groups -OCH3 is 1. The van der Waals surface area contributed by atoms with E-state index in [1.54, 1.807) is 11.8 Å². The number of aryl methyl sites for hydroxylation is 1. The third-order valence-corrected chi connectivity index (χ3v) is 3.61. The van der Waals surface area contributed by atoms with E-state index in [2.05, 4.69) is 5.10 Å². The summed E-state index contributed by atoms with van der Waals surface area (Å²) in [6.45, 7) is 0.493. The Labute approximate surface area is 135 Å². The number of benzene rings is 2. The van der Waals surface area contributed by atoms with Crippen LogP contribution in [0.2, 0.25) is 0 Å². The molecule has 5 nitrogen and oxygen atoms in total. The Morgan fingerprint density at radius 2 is 1.83 bits per heavy atom. The van der Waals surface area contributed by atoms with Crippen molar-refractivity contribution < 1.29 is 9.47 Å². The minimum Gasteiger partial charge on any atom is -0.493 e. The third kappa shape index (κ3) is 3.29. The zero-order valence-electron chi connectivity index (χ0n) is 13.2. The standard InChI is InChI=1S/C18H19N3O2/c1-21-18(19)11-15(20-21)14-8-9-16(17(10-14)22-2)23-12-13-6-4-3-5-7-13/h3-11H,12,19H2,1-2H3. The van der Waals surface area contributed by atoms with E-state index in [0.717, 1.165) is 16.8 Å². The fourth-order valence-electron chi connectivity index (χ4n) is 2.30. The lowest BCUT2D eigenvalue weighted by molar-refractivity contribution is 0.284. The summed E-state index contributed by atoms with van der Waals surface area (Å²) in [4.78, 5) is 0. The molecule has 0 saturated carbocycles. The van der Waals surface area contributed by atoms with E-state index in [4.69, 9.17) is 15.2 Å². The summed E-state index contributed by atoms with van der Waals surface area (Å²) in [6, 6.07) is 17.6. The maximum Gasteiger partial charge on any atom is 0.161 e. The minimum absolute atomic E-state index is 0.493. The first-order valence-corrected chi connectivity index (χ1v) is 7.32. The number of nitrogen functional groups attached to an aromatic ring is 1. The summed E-state index contributed by atoms with van der Waals surface area (Å²) in [6.07, 6.45) is 0. The van der Waals surface area contributed by atoms with Crippen molar-refractivity contribution in [2.24, 2.45) is 7.05 Å². The van der Waals surface area contributed by atoms with E-state index < -0.39 is 0 Å². The molecule has 0 spiro atoms. The number of aromatic nitrogens is 2. The fraction of sp³-hybridized carbons (Fsp3) is 0.167. The summed E-state index contributed by atoms with van der Waals surface area (Å²) in [5.41, 5.74) is 8.68. The number of anilines is 1. The van der Waals surface area contributed by atoms with Crippen LogP contribution in [0.4, 0.5) is 5.82 Å². The number of hydrogen-bond donors (Lipinski definition) is 1. The van der Waals surface area contributed by atoms with Crippen molar-refractivity contribution in [2.45, 2.75) is 6.61 Å². The lowest BCUT2D eigenvalue weighted by Gasteiger charge is -2.11. The van der Waals surface area contributed by atoms with Gasteiger partial charge in [-0.3, -0.25) is 4.68 Å². The van der Waals surface area contributed by atoms with E-state index in [9.17, 15) is 0 Å². The SMILES string of the molecule is COc1cc(-c2cc(N)n(C)n2)ccc1OCc1ccccc1. The Morgan fingerprint density at radius 1 is 1.04 bits per heavy atom. The van der Waals surface area contributed by atoms with Gasteiger partial charge in [-0.15, -0.1) is 0 Å². The molecule has 0 aliphatic heterocycles. The molecule has 2 N–H and O–H groups in total. The molecule has 2 aromatic carbocycles. The summed E-state index contributed by atoms with van der Waals surface area (Å²) in [5, 5.41) is 4.37. The van der Waals surface area contributed by atoms with Crippen LogP contribution in [-0.4, -0.2) is 16.9 Å². The molecule has 0 aliphatic carbocycles. The van der Waals surface area contributed by atoms with Gasteiger partial charge in [0.25, 0.3) is 0 Å². The van der Waals surface area contributed by atoms with Gasteiger partial charge in [-0.05, 0) is 23.8 Å². The summed E-state index contributed by atoms with van der Waals surface area (Å²) >= 11 is 0. The molecule has 0 radical (unpaired) electrons. The van der Waals surface area contributed by atoms with E-state index in [0.29, 0.717) is 23.9 Å². The molecule has 23 heavy (non-hydrogen) atoms. The Balaban J connectivity index is 1.82. The van der Waals surface area contributed by atoms with Crippen molar-refractivity contribution in [1.29, 1.82) is 0 Å². The van der Waals surface area contributed by atoms with Crippen LogP contribution in [-0.2, 0) is 13.7 Å². The number of nitrogens with two attached hydrogens (primary N) is 1. The first kappa shape index (κ1) is 15.0. The van der Waals surface area contributed by atoms with Crippen LogP contribution in [0, 0.1) is 0 Å². The van der Waals surface area contributed by atoms with Gasteiger partial charge in [0.15, 0.2) is 11.5 Å². The first-order chi connectivity index (χ1) is 11.2. The first-order valence-electron chi connectivity index (χ1n) is 7.32. The summed E-state index contributed by atoms with van der Waals surface area (Å²) in [5.74, 6) is 1.98. The number of nitrogens with zero attached hydrogens (tertiary/aromatic N) is 2. The van der Waals surface area contributed by atoms with E-state index in [1.807, 2.05) is 61.6 Å². The Hall–Kier alpha value is -2.95. The molecular formula is C18H19N3O2. The average molecular weight is 309 g/mol. The largest absolute Gasteiger partial charge is 0.493 e. The highest BCUT2D eigenvalue weighted by Gasteiger charge is 2.10. The topological polar surface area (TPSA) is 62.3 Å². The zero-order valence-corrected chi connectivity index (χ0v) is 13.2. The molecular weight excluding hydrogens is 290 g/mol. The molecule has 1 heterocycles. The van der Waals surface area contributed by atoms with Gasteiger partial charge in [0.2, 0.25) is 0 Å². The molecule has 0 unspecified atom stereocenters. The van der Waals surface area contributed by atoms with Crippen LogP contribution in [0.15, 0.2) is 54.6 Å². The second kappa shape index (κ2) is 6.44. The van der Waals surface area contributed by atoms with Gasteiger partial charge in [-0.1, -0.05) is 30.3 Å². The smallest absolute Gasteiger partial charge is 0.161 e. The molecule has 0 fully saturated rings. The molecule has 0 amide bonds. The second-order valence-electron chi connectivity index (χ2n) is 5.22. The molecule has 1 aromatic heterocycles. The molecule has 0 saturated heterocycles. The van der Waals surface area contributed by atoms with Gasteiger partial charge in [0.05, 0.1) is 12.8 Å². The lowest BCUT2D eigenvalue weighted by Crippen LogP contribution is -1.98. The van der Waals surface area contributed by atoms with Crippen LogP contribution in [0.1, 0.15) is 5.56 Å². The van der Waals surface area contributed by atoms with Crippen molar-refractivity contribution in [3.05, 3.63) is 60.2 Å². The van der Waals surface area contributed by atoms with Crippen LogP contribution in [0.25, 0.3) is 11.3 Å². The molecule has 0 atom stereocenters. The van der Waals surface area contributed by atoms with Crippen molar-refractivity contribution in [3.63, 3.8) is 0 Å². The van der Waals surface area contributed by atoms with Crippen LogP contribution < -0.4 is 15.2 Å². The van der Waals surface area contributed by atoms with E-state index in [-0.39, 0.29) is 0 Å². The van der Waals surface area contributed by atoms with Gasteiger partial charge >= 0.3 is 0 Å². The number of hydrogen-bond acceptors (Lipinski definition) is 4. The molecule has 0 bridgehead atoms. The minimum atomic E-state index is 0.493. The Morgan fingerprint density at radius 3 is 2.48 bits per heavy atom. The number of rotatable bonds is 5. The van der Waals surface area contributed by atoms with Crippen molar-refractivity contribution in [3.8, 4) is 22.8 Å². The van der Waals surface area contributed by atoms with Gasteiger partial charge in [-0.25, -0.2) is 0 Å². The lowest BCUT2D eigenvalue weighted by atomic mass is 10.1. The van der Waals surface area contributed by atoms with Crippen LogP contribution in [0.3, 0.4) is 0 Å². The molecule has 3 rings (SSSR count). The molecule has 3 aromatic rings. The van der Waals surface area contributed by atoms with Crippen molar-refractivity contribution in [2.75, 3.05) is 12.8 Å². The van der Waals surface area contributed by atoms with Gasteiger partial charge in [0.1, 0.15) is 12.4 Å². The normalized spacial score (nSPS) is 10.5. The van der Waals surface area contributed by atoms with Crippen molar-refractivity contribution >= 4 is 5.82 Å². The third-order valence-electron chi connectivity index (χ3n) is 3.61. The molecule has 118 valence electrons. The van der Waals surface area contributed by atoms with E-state index in [1.165, 1.54) is 0 Å². The molecule has 0 aliphatic rings. The predicted molar refractivity (Wildman–Crippen MR) is 90.4 cm³/mol. The highest BCUT2D eigenvalue weighted by molar-refractivity contribution is 5.66. The van der Waals surface area contributed by atoms with Crippen molar-refractivity contribution in [1.82, 2.24) is 9.78 Å². The van der Waals surface area contributed by atoms with E-state index >= 15 is 0 Å². The van der Waals surface area contributed by atoms with Gasteiger partial charge in [0, 0.05) is 18.7 Å². The monoisotopic (exact) mass is 309 g/mol. The quantitative estimate of drug-likeness (QED) is 0.786. The van der Waals surface area contributed by atoms with Gasteiger partial charge < -0.3 is 15.2 Å². The Bertz CT molecular complexity index is 778. The zero-order chi connectivity index (χ0) is 16.2. The summed E-state index contributed by atoms with van der Waals surface area (Å²) < 4.78 is 12.9. The maximum absolute atomic E-state index is 5.86. The molecule has 5 heteroatoms. The van der Waals surface area contributed by atoms with Gasteiger partial charge in [-0.2, -0.15) is 5.10 Å². The average Bonchev–Trinajstić information content (AvgIpc) is 2.93. The van der Waals surface area contributed by atoms with Crippen LogP contribution in [0.5, 0.6) is 11.5 Å². The number of ether oxygens (including phenoxy) is 2. The Kier molecular flexibility index (Phi) is 4.19. The van der Waals surface area contributed by atoms with Crippen LogP contribution >= 0.6 is 0 Å². The second-order valence-corrected chi connectivity index (χ2v) is 5.22. The highest BCUT2D eigenvalue weighted by atomic mass is 16.5.